The molecule has 0 bridgehead atoms. The maximum absolute atomic E-state index is 10.9. The second-order valence-electron chi connectivity index (χ2n) is 4.13. The van der Waals surface area contributed by atoms with Gasteiger partial charge >= 0.3 is 5.97 Å². The molecule has 0 radical (unpaired) electrons. The quantitative estimate of drug-likeness (QED) is 0.851. The molecule has 0 amide bonds. The lowest BCUT2D eigenvalue weighted by Crippen LogP contribution is -2.14. The lowest BCUT2D eigenvalue weighted by atomic mass is 9.94. The van der Waals surface area contributed by atoms with E-state index in [4.69, 9.17) is 9.84 Å². The zero-order valence-corrected chi connectivity index (χ0v) is 10.2. The van der Waals surface area contributed by atoms with Crippen LogP contribution in [0.4, 0.5) is 0 Å². The lowest BCUT2D eigenvalue weighted by Gasteiger charge is -2.15. The van der Waals surface area contributed by atoms with Crippen LogP contribution in [0.25, 0.3) is 0 Å². The van der Waals surface area contributed by atoms with Crippen LogP contribution in [0.15, 0.2) is 12.1 Å². The number of carbonyl (C=O) groups is 1. The van der Waals surface area contributed by atoms with Gasteiger partial charge in [-0.2, -0.15) is 0 Å². The van der Waals surface area contributed by atoms with Gasteiger partial charge in [0.05, 0.1) is 13.0 Å². The Balaban J connectivity index is 3.10. The molecule has 0 aromatic heterocycles. The Hall–Kier alpha value is -1.51. The molecule has 0 heterocycles. The molecule has 0 aliphatic heterocycles. The summed E-state index contributed by atoms with van der Waals surface area (Å²) in [5.74, 6) is -0.395. The summed E-state index contributed by atoms with van der Waals surface area (Å²) < 4.78 is 5.27. The second-order valence-corrected chi connectivity index (χ2v) is 4.13. The molecular formula is C13H18O3. The number of carboxylic acids is 1. The molecule has 0 saturated heterocycles. The van der Waals surface area contributed by atoms with E-state index in [1.807, 2.05) is 26.0 Å². The number of hydrogen-bond donors (Lipinski definition) is 1. The number of carboxylic acid groups (broad SMARTS) is 1. The van der Waals surface area contributed by atoms with E-state index in [2.05, 4.69) is 0 Å². The summed E-state index contributed by atoms with van der Waals surface area (Å²) in [7, 11) is 1.61. The van der Waals surface area contributed by atoms with Crippen molar-refractivity contribution in [1.29, 1.82) is 0 Å². The molecule has 1 N–H and O–H groups in total. The highest BCUT2D eigenvalue weighted by Crippen LogP contribution is 2.27. The van der Waals surface area contributed by atoms with Crippen molar-refractivity contribution in [1.82, 2.24) is 0 Å². The number of methoxy groups -OCH3 is 1. The summed E-state index contributed by atoms with van der Waals surface area (Å²) in [6, 6.07) is 3.88. The van der Waals surface area contributed by atoms with Gasteiger partial charge in [-0.15, -0.1) is 0 Å². The number of hydrogen-bond acceptors (Lipinski definition) is 2. The van der Waals surface area contributed by atoms with Gasteiger partial charge in [-0.1, -0.05) is 13.0 Å². The predicted molar refractivity (Wildman–Crippen MR) is 63.0 cm³/mol. The monoisotopic (exact) mass is 222 g/mol. The molecule has 0 aliphatic rings. The standard InChI is InChI=1S/C13H18O3/c1-8-5-6-12(16-4)11(10(8)3)7-9(2)13(14)15/h5-6,9H,7H2,1-4H3,(H,14,15). The molecule has 88 valence electrons. The first kappa shape index (κ1) is 12.6. The Kier molecular flexibility index (Phi) is 3.93. The minimum atomic E-state index is -0.775. The van der Waals surface area contributed by atoms with Crippen molar-refractivity contribution < 1.29 is 14.6 Å². The summed E-state index contributed by atoms with van der Waals surface area (Å²) in [5, 5.41) is 8.93. The molecule has 3 nitrogen and oxygen atoms in total. The first-order valence-electron chi connectivity index (χ1n) is 5.33. The summed E-state index contributed by atoms with van der Waals surface area (Å²) in [6.45, 7) is 5.73. The van der Waals surface area contributed by atoms with E-state index in [-0.39, 0.29) is 0 Å². The highest BCUT2D eigenvalue weighted by Gasteiger charge is 2.16. The SMILES string of the molecule is COc1ccc(C)c(C)c1CC(C)C(=O)O. The van der Waals surface area contributed by atoms with Crippen LogP contribution in [0.2, 0.25) is 0 Å². The molecule has 0 aliphatic carbocycles. The van der Waals surface area contributed by atoms with E-state index in [0.717, 1.165) is 22.4 Å². The first-order chi connectivity index (χ1) is 7.47. The van der Waals surface area contributed by atoms with Crippen LogP contribution >= 0.6 is 0 Å². The van der Waals surface area contributed by atoms with Gasteiger partial charge in [-0.25, -0.2) is 0 Å². The summed E-state index contributed by atoms with van der Waals surface area (Å²) >= 11 is 0. The number of ether oxygens (including phenoxy) is 1. The molecule has 3 heteroatoms. The van der Waals surface area contributed by atoms with Crippen LogP contribution in [0.3, 0.4) is 0 Å². The molecule has 0 saturated carbocycles. The Bertz CT molecular complexity index is 396. The van der Waals surface area contributed by atoms with Crippen LogP contribution in [-0.2, 0) is 11.2 Å². The Morgan fingerprint density at radius 2 is 2.06 bits per heavy atom. The molecule has 0 spiro atoms. The fraction of sp³-hybridized carbons (Fsp3) is 0.462. The zero-order valence-electron chi connectivity index (χ0n) is 10.2. The van der Waals surface area contributed by atoms with Crippen molar-refractivity contribution in [3.05, 3.63) is 28.8 Å². The van der Waals surface area contributed by atoms with Gasteiger partial charge in [0.25, 0.3) is 0 Å². The average molecular weight is 222 g/mol. The maximum atomic E-state index is 10.9. The van der Waals surface area contributed by atoms with Gasteiger partial charge in [0.1, 0.15) is 5.75 Å². The van der Waals surface area contributed by atoms with Crippen LogP contribution in [0, 0.1) is 19.8 Å². The Morgan fingerprint density at radius 3 is 2.56 bits per heavy atom. The minimum absolute atomic E-state index is 0.394. The zero-order chi connectivity index (χ0) is 12.3. The lowest BCUT2D eigenvalue weighted by molar-refractivity contribution is -0.141. The molecule has 0 fully saturated rings. The summed E-state index contributed by atoms with van der Waals surface area (Å²) in [4.78, 5) is 10.9. The molecule has 1 aromatic rings. The van der Waals surface area contributed by atoms with E-state index >= 15 is 0 Å². The topological polar surface area (TPSA) is 46.5 Å². The normalized spacial score (nSPS) is 12.2. The Morgan fingerprint density at radius 1 is 1.44 bits per heavy atom. The smallest absolute Gasteiger partial charge is 0.306 e. The van der Waals surface area contributed by atoms with E-state index < -0.39 is 11.9 Å². The van der Waals surface area contributed by atoms with Crippen molar-refractivity contribution in [3.63, 3.8) is 0 Å². The van der Waals surface area contributed by atoms with Crippen molar-refractivity contribution in [2.45, 2.75) is 27.2 Å². The average Bonchev–Trinajstić information content (AvgIpc) is 2.25. The van der Waals surface area contributed by atoms with Crippen LogP contribution in [-0.4, -0.2) is 18.2 Å². The Labute approximate surface area is 96.1 Å². The third kappa shape index (κ3) is 2.54. The third-order valence-corrected chi connectivity index (χ3v) is 2.98. The number of aliphatic carboxylic acids is 1. The first-order valence-corrected chi connectivity index (χ1v) is 5.33. The third-order valence-electron chi connectivity index (χ3n) is 2.98. The van der Waals surface area contributed by atoms with E-state index in [9.17, 15) is 4.79 Å². The van der Waals surface area contributed by atoms with Crippen molar-refractivity contribution in [2.75, 3.05) is 7.11 Å². The van der Waals surface area contributed by atoms with Gasteiger partial charge in [0.15, 0.2) is 0 Å². The van der Waals surface area contributed by atoms with E-state index in [0.29, 0.717) is 6.42 Å². The molecule has 1 rings (SSSR count). The number of aryl methyl sites for hydroxylation is 1. The van der Waals surface area contributed by atoms with Gasteiger partial charge in [0, 0.05) is 0 Å². The minimum Gasteiger partial charge on any atom is -0.496 e. The maximum Gasteiger partial charge on any atom is 0.306 e. The van der Waals surface area contributed by atoms with Gasteiger partial charge in [-0.05, 0) is 43.0 Å². The van der Waals surface area contributed by atoms with E-state index in [1.54, 1.807) is 14.0 Å². The largest absolute Gasteiger partial charge is 0.496 e. The van der Waals surface area contributed by atoms with Crippen molar-refractivity contribution in [2.24, 2.45) is 5.92 Å². The van der Waals surface area contributed by atoms with Crippen LogP contribution in [0.1, 0.15) is 23.6 Å². The molecule has 1 aromatic carbocycles. The molecular weight excluding hydrogens is 204 g/mol. The molecule has 16 heavy (non-hydrogen) atoms. The van der Waals surface area contributed by atoms with Crippen LogP contribution in [0.5, 0.6) is 5.75 Å². The summed E-state index contributed by atoms with van der Waals surface area (Å²) in [5.41, 5.74) is 3.28. The van der Waals surface area contributed by atoms with Crippen molar-refractivity contribution >= 4 is 5.97 Å². The van der Waals surface area contributed by atoms with Crippen molar-refractivity contribution in [3.8, 4) is 5.75 Å². The number of benzene rings is 1. The highest BCUT2D eigenvalue weighted by molar-refractivity contribution is 5.70. The second kappa shape index (κ2) is 5.01. The van der Waals surface area contributed by atoms with Gasteiger partial charge in [-0.3, -0.25) is 4.79 Å². The predicted octanol–water partition coefficient (Wildman–Crippen LogP) is 2.58. The van der Waals surface area contributed by atoms with Gasteiger partial charge in [0.2, 0.25) is 0 Å². The molecule has 1 atom stereocenters. The number of rotatable bonds is 4. The fourth-order valence-electron chi connectivity index (χ4n) is 1.69. The van der Waals surface area contributed by atoms with Crippen LogP contribution < -0.4 is 4.74 Å². The molecule has 1 unspecified atom stereocenters. The van der Waals surface area contributed by atoms with E-state index in [1.165, 1.54) is 0 Å². The fourth-order valence-corrected chi connectivity index (χ4v) is 1.69. The summed E-state index contributed by atoms with van der Waals surface area (Å²) in [6.07, 6.45) is 0.506. The highest BCUT2D eigenvalue weighted by atomic mass is 16.5. The van der Waals surface area contributed by atoms with Gasteiger partial charge < -0.3 is 9.84 Å².